The second-order valence-electron chi connectivity index (χ2n) is 7.97. The van der Waals surface area contributed by atoms with E-state index in [9.17, 15) is 18.0 Å². The molecule has 1 aromatic heterocycles. The summed E-state index contributed by atoms with van der Waals surface area (Å²) >= 11 is 0. The van der Waals surface area contributed by atoms with E-state index < -0.39 is 23.4 Å². The minimum atomic E-state index is -4.43. The van der Waals surface area contributed by atoms with Gasteiger partial charge in [0.1, 0.15) is 17.2 Å². The van der Waals surface area contributed by atoms with Crippen molar-refractivity contribution >= 4 is 11.8 Å². The number of carbonyl (C=O) groups is 1. The molecule has 1 N–H and O–H groups in total. The van der Waals surface area contributed by atoms with E-state index in [0.717, 1.165) is 12.1 Å². The Labute approximate surface area is 183 Å². The molecule has 3 rings (SSSR count). The predicted octanol–water partition coefficient (Wildman–Crippen LogP) is 6.61. The van der Waals surface area contributed by atoms with Crippen LogP contribution in [0.5, 0.6) is 11.6 Å². The molecular weight excluding hydrogens is 423 g/mol. The minimum absolute atomic E-state index is 0.173. The molecule has 0 saturated heterocycles. The van der Waals surface area contributed by atoms with Gasteiger partial charge in [-0.2, -0.15) is 18.2 Å². The molecule has 3 aromatic rings. The van der Waals surface area contributed by atoms with Crippen LogP contribution in [0.3, 0.4) is 0 Å². The first-order valence-corrected chi connectivity index (χ1v) is 9.70. The van der Waals surface area contributed by atoms with Crippen LogP contribution < -0.4 is 10.1 Å². The Bertz CT molecular complexity index is 1110. The number of benzene rings is 2. The number of aryl methyl sites for hydroxylation is 1. The third kappa shape index (κ3) is 6.19. The van der Waals surface area contributed by atoms with Crippen molar-refractivity contribution in [2.75, 3.05) is 5.32 Å². The predicted molar refractivity (Wildman–Crippen MR) is 114 cm³/mol. The lowest BCUT2D eigenvalue weighted by Gasteiger charge is -2.19. The maximum atomic E-state index is 12.9. The van der Waals surface area contributed by atoms with Crippen LogP contribution in [0, 0.1) is 6.92 Å². The Balaban J connectivity index is 1.85. The van der Waals surface area contributed by atoms with Gasteiger partial charge >= 0.3 is 12.3 Å². The molecule has 0 unspecified atom stereocenters. The van der Waals surface area contributed by atoms with Crippen LogP contribution in [0.4, 0.5) is 23.7 Å². The zero-order chi connectivity index (χ0) is 23.5. The molecule has 0 aliphatic rings. The summed E-state index contributed by atoms with van der Waals surface area (Å²) in [4.78, 5) is 20.4. The third-order valence-corrected chi connectivity index (χ3v) is 4.09. The normalized spacial score (nSPS) is 11.7. The molecule has 9 heteroatoms. The molecule has 1 heterocycles. The summed E-state index contributed by atoms with van der Waals surface area (Å²) in [5, 5.41) is 2.62. The highest BCUT2D eigenvalue weighted by atomic mass is 19.4. The fourth-order valence-electron chi connectivity index (χ4n) is 2.73. The molecule has 0 saturated carbocycles. The van der Waals surface area contributed by atoms with Gasteiger partial charge < -0.3 is 9.47 Å². The molecule has 0 atom stereocenters. The van der Waals surface area contributed by atoms with Crippen LogP contribution >= 0.6 is 0 Å². The van der Waals surface area contributed by atoms with Crippen LogP contribution in [-0.4, -0.2) is 21.7 Å². The van der Waals surface area contributed by atoms with E-state index >= 15 is 0 Å². The molecule has 0 aliphatic heterocycles. The summed E-state index contributed by atoms with van der Waals surface area (Å²) in [6.07, 6.45) is -3.55. The number of aromatic nitrogens is 2. The van der Waals surface area contributed by atoms with Crippen molar-refractivity contribution in [2.24, 2.45) is 0 Å². The number of amides is 1. The number of hydrogen-bond acceptors (Lipinski definition) is 5. The van der Waals surface area contributed by atoms with E-state index in [2.05, 4.69) is 15.3 Å². The number of hydrogen-bond donors (Lipinski definition) is 1. The SMILES string of the molecule is Cc1ncc(-c2ccc(C(F)(F)F)cc2)c(Oc2cccc(NC(=O)OC(C)(C)C)c2)n1. The number of ether oxygens (including phenoxy) is 2. The molecule has 0 radical (unpaired) electrons. The largest absolute Gasteiger partial charge is 0.444 e. The van der Waals surface area contributed by atoms with E-state index in [0.29, 0.717) is 28.4 Å². The highest BCUT2D eigenvalue weighted by molar-refractivity contribution is 5.85. The van der Waals surface area contributed by atoms with Gasteiger partial charge in [-0.1, -0.05) is 18.2 Å². The van der Waals surface area contributed by atoms with Crippen LogP contribution in [0.2, 0.25) is 0 Å². The first kappa shape index (κ1) is 23.1. The zero-order valence-corrected chi connectivity index (χ0v) is 17.9. The van der Waals surface area contributed by atoms with Gasteiger partial charge in [-0.15, -0.1) is 0 Å². The number of anilines is 1. The topological polar surface area (TPSA) is 73.3 Å². The highest BCUT2D eigenvalue weighted by Gasteiger charge is 2.30. The van der Waals surface area contributed by atoms with E-state index in [-0.39, 0.29) is 5.88 Å². The first-order valence-electron chi connectivity index (χ1n) is 9.70. The van der Waals surface area contributed by atoms with Crippen molar-refractivity contribution in [1.29, 1.82) is 0 Å². The molecule has 0 aliphatic carbocycles. The number of halogens is 3. The molecule has 1 amide bonds. The van der Waals surface area contributed by atoms with Crippen molar-refractivity contribution in [1.82, 2.24) is 9.97 Å². The number of alkyl halides is 3. The molecule has 32 heavy (non-hydrogen) atoms. The van der Waals surface area contributed by atoms with E-state index in [1.54, 1.807) is 52.0 Å². The summed E-state index contributed by atoms with van der Waals surface area (Å²) in [6, 6.07) is 11.2. The average Bonchev–Trinajstić information content (AvgIpc) is 2.66. The second kappa shape index (κ2) is 8.86. The second-order valence-corrected chi connectivity index (χ2v) is 7.97. The lowest BCUT2D eigenvalue weighted by molar-refractivity contribution is -0.137. The molecule has 0 spiro atoms. The Hall–Kier alpha value is -3.62. The minimum Gasteiger partial charge on any atom is -0.444 e. The Morgan fingerprint density at radius 2 is 1.72 bits per heavy atom. The first-order chi connectivity index (χ1) is 14.9. The Morgan fingerprint density at radius 1 is 1.03 bits per heavy atom. The number of rotatable bonds is 4. The van der Waals surface area contributed by atoms with Crippen molar-refractivity contribution in [3.05, 3.63) is 66.1 Å². The van der Waals surface area contributed by atoms with Crippen molar-refractivity contribution in [3.8, 4) is 22.8 Å². The fraction of sp³-hybridized carbons (Fsp3) is 0.261. The summed E-state index contributed by atoms with van der Waals surface area (Å²) in [6.45, 7) is 6.94. The zero-order valence-electron chi connectivity index (χ0n) is 17.9. The van der Waals surface area contributed by atoms with E-state index in [4.69, 9.17) is 9.47 Å². The van der Waals surface area contributed by atoms with Gasteiger partial charge in [-0.25, -0.2) is 9.78 Å². The smallest absolute Gasteiger partial charge is 0.416 e. The van der Waals surface area contributed by atoms with Gasteiger partial charge in [0.2, 0.25) is 5.88 Å². The van der Waals surface area contributed by atoms with Gasteiger partial charge in [0.25, 0.3) is 0 Å². The molecule has 6 nitrogen and oxygen atoms in total. The van der Waals surface area contributed by atoms with Crippen LogP contribution in [-0.2, 0) is 10.9 Å². The Kier molecular flexibility index (Phi) is 6.38. The maximum Gasteiger partial charge on any atom is 0.416 e. The van der Waals surface area contributed by atoms with Gasteiger partial charge in [-0.3, -0.25) is 5.32 Å². The van der Waals surface area contributed by atoms with Crippen molar-refractivity contribution < 1.29 is 27.4 Å². The summed E-state index contributed by atoms with van der Waals surface area (Å²) < 4.78 is 49.8. The third-order valence-electron chi connectivity index (χ3n) is 4.09. The Morgan fingerprint density at radius 3 is 2.34 bits per heavy atom. The van der Waals surface area contributed by atoms with Crippen molar-refractivity contribution in [2.45, 2.75) is 39.5 Å². The van der Waals surface area contributed by atoms with Crippen molar-refractivity contribution in [3.63, 3.8) is 0 Å². The van der Waals surface area contributed by atoms with Gasteiger partial charge in [0.05, 0.1) is 11.1 Å². The summed E-state index contributed by atoms with van der Waals surface area (Å²) in [5.41, 5.74) is -0.0603. The molecular formula is C23H22F3N3O3. The standard InChI is InChI=1S/C23H22F3N3O3/c1-14-27-13-19(15-8-10-16(11-9-15)23(24,25)26)20(28-14)31-18-7-5-6-17(12-18)29-21(30)32-22(2,3)4/h5-13H,1-4H3,(H,29,30). The van der Waals surface area contributed by atoms with Gasteiger partial charge in [0.15, 0.2) is 0 Å². The fourth-order valence-corrected chi connectivity index (χ4v) is 2.73. The molecule has 0 fully saturated rings. The lowest BCUT2D eigenvalue weighted by atomic mass is 10.1. The quantitative estimate of drug-likeness (QED) is 0.489. The van der Waals surface area contributed by atoms with Crippen LogP contribution in [0.25, 0.3) is 11.1 Å². The summed E-state index contributed by atoms with van der Waals surface area (Å²) in [7, 11) is 0. The molecule has 2 aromatic carbocycles. The monoisotopic (exact) mass is 445 g/mol. The maximum absolute atomic E-state index is 12.9. The average molecular weight is 445 g/mol. The number of nitrogens with zero attached hydrogens (tertiary/aromatic N) is 2. The molecule has 0 bridgehead atoms. The lowest BCUT2D eigenvalue weighted by Crippen LogP contribution is -2.27. The summed E-state index contributed by atoms with van der Waals surface area (Å²) in [5.74, 6) is 0.968. The number of carbonyl (C=O) groups excluding carboxylic acids is 1. The number of nitrogens with one attached hydrogen (secondary N) is 1. The van der Waals surface area contributed by atoms with Gasteiger partial charge in [0, 0.05) is 18.0 Å². The highest BCUT2D eigenvalue weighted by Crippen LogP contribution is 2.35. The molecule has 168 valence electrons. The van der Waals surface area contributed by atoms with E-state index in [1.165, 1.54) is 18.3 Å². The van der Waals surface area contributed by atoms with Crippen LogP contribution in [0.1, 0.15) is 32.2 Å². The van der Waals surface area contributed by atoms with Crippen LogP contribution in [0.15, 0.2) is 54.7 Å². The van der Waals surface area contributed by atoms with Gasteiger partial charge in [-0.05, 0) is 57.5 Å². The van der Waals surface area contributed by atoms with E-state index in [1.807, 2.05) is 0 Å².